The van der Waals surface area contributed by atoms with Crippen LogP contribution in [0.15, 0.2) is 78.2 Å². The van der Waals surface area contributed by atoms with Crippen molar-refractivity contribution in [3.8, 4) is 11.3 Å². The highest BCUT2D eigenvalue weighted by Gasteiger charge is 2.21. The van der Waals surface area contributed by atoms with E-state index in [1.807, 2.05) is 40.6 Å². The molecule has 0 radical (unpaired) electrons. The van der Waals surface area contributed by atoms with Crippen LogP contribution in [0.25, 0.3) is 11.3 Å². The van der Waals surface area contributed by atoms with Gasteiger partial charge in [-0.25, -0.2) is 22.8 Å². The van der Waals surface area contributed by atoms with E-state index in [0.29, 0.717) is 23.6 Å². The second-order valence-corrected chi connectivity index (χ2v) is 9.54. The summed E-state index contributed by atoms with van der Waals surface area (Å²) in [4.78, 5) is 22.8. The number of hydrogen-bond acceptors (Lipinski definition) is 6. The molecule has 3 N–H and O–H groups in total. The molecule has 4 aromatic rings. The van der Waals surface area contributed by atoms with Gasteiger partial charge in [0, 0.05) is 25.4 Å². The maximum Gasteiger partial charge on any atom is 0.274 e. The Morgan fingerprint density at radius 1 is 1.11 bits per heavy atom. The first-order valence-corrected chi connectivity index (χ1v) is 12.1. The molecule has 0 aliphatic carbocycles. The van der Waals surface area contributed by atoms with E-state index in [4.69, 9.17) is 11.6 Å². The summed E-state index contributed by atoms with van der Waals surface area (Å²) >= 11 is 5.95. The van der Waals surface area contributed by atoms with Crippen molar-refractivity contribution >= 4 is 33.3 Å². The van der Waals surface area contributed by atoms with E-state index in [-0.39, 0.29) is 10.0 Å². The summed E-state index contributed by atoms with van der Waals surface area (Å²) in [6.45, 7) is 0.439. The Balaban J connectivity index is 1.47. The van der Waals surface area contributed by atoms with Crippen molar-refractivity contribution in [1.29, 1.82) is 0 Å². The zero-order valence-electron chi connectivity index (χ0n) is 18.4. The monoisotopic (exact) mass is 514 g/mol. The Kier molecular flexibility index (Phi) is 7.10. The molecule has 0 bridgehead atoms. The number of pyridine rings is 1. The fourth-order valence-electron chi connectivity index (χ4n) is 3.15. The van der Waals surface area contributed by atoms with E-state index < -0.39 is 27.3 Å². The van der Waals surface area contributed by atoms with Crippen molar-refractivity contribution in [1.82, 2.24) is 24.8 Å². The number of anilines is 1. The van der Waals surface area contributed by atoms with E-state index in [2.05, 4.69) is 15.3 Å². The van der Waals surface area contributed by atoms with Crippen LogP contribution in [0, 0.1) is 5.82 Å². The van der Waals surface area contributed by atoms with Gasteiger partial charge in [0.15, 0.2) is 10.8 Å². The molecule has 180 valence electrons. The van der Waals surface area contributed by atoms with Crippen LogP contribution in [0.4, 0.5) is 10.2 Å². The largest absolute Gasteiger partial charge is 0.366 e. The molecule has 0 aliphatic rings. The van der Waals surface area contributed by atoms with Crippen molar-refractivity contribution in [3.05, 3.63) is 95.2 Å². The molecule has 0 saturated carbocycles. The minimum Gasteiger partial charge on any atom is -0.366 e. The normalized spacial score (nSPS) is 11.3. The number of hydrazine groups is 1. The molecule has 0 spiro atoms. The third-order valence-corrected chi connectivity index (χ3v) is 6.31. The van der Waals surface area contributed by atoms with Gasteiger partial charge in [-0.2, -0.15) is 0 Å². The van der Waals surface area contributed by atoms with E-state index in [9.17, 15) is 17.6 Å². The minimum atomic E-state index is -4.25. The number of amides is 1. The van der Waals surface area contributed by atoms with Gasteiger partial charge in [-0.3, -0.25) is 10.2 Å². The van der Waals surface area contributed by atoms with Crippen LogP contribution in [0.2, 0.25) is 5.02 Å². The topological polar surface area (TPSA) is 118 Å². The van der Waals surface area contributed by atoms with Gasteiger partial charge in [0.2, 0.25) is 0 Å². The van der Waals surface area contributed by atoms with Crippen molar-refractivity contribution in [3.63, 3.8) is 0 Å². The predicted octanol–water partition coefficient (Wildman–Crippen LogP) is 3.51. The summed E-state index contributed by atoms with van der Waals surface area (Å²) < 4.78 is 41.6. The van der Waals surface area contributed by atoms with Crippen LogP contribution in [0.1, 0.15) is 15.9 Å². The molecule has 1 amide bonds. The number of aryl methyl sites for hydroxylation is 1. The van der Waals surface area contributed by atoms with Crippen LogP contribution in [0.5, 0.6) is 0 Å². The smallest absolute Gasteiger partial charge is 0.274 e. The molecular weight excluding hydrogens is 495 g/mol. The molecular formula is C23H20ClFN6O3S. The highest BCUT2D eigenvalue weighted by atomic mass is 35.5. The van der Waals surface area contributed by atoms with Crippen LogP contribution < -0.4 is 15.6 Å². The molecule has 0 atom stereocenters. The Bertz CT molecular complexity index is 1480. The van der Waals surface area contributed by atoms with Crippen molar-refractivity contribution in [2.45, 2.75) is 11.6 Å². The van der Waals surface area contributed by atoms with Crippen molar-refractivity contribution in [2.75, 3.05) is 5.32 Å². The number of benzene rings is 2. The number of nitrogens with one attached hydrogen (secondary N) is 3. The quantitative estimate of drug-likeness (QED) is 0.310. The lowest BCUT2D eigenvalue weighted by molar-refractivity contribution is 0.0941. The van der Waals surface area contributed by atoms with Gasteiger partial charge in [0.25, 0.3) is 15.9 Å². The zero-order valence-corrected chi connectivity index (χ0v) is 19.9. The lowest BCUT2D eigenvalue weighted by Gasteiger charge is -2.11. The number of carbonyl (C=O) groups excluding carboxylic acids is 1. The number of sulfonamides is 1. The second kappa shape index (κ2) is 10.2. The Morgan fingerprint density at radius 2 is 1.89 bits per heavy atom. The number of nitrogens with zero attached hydrogens (tertiary/aromatic N) is 3. The van der Waals surface area contributed by atoms with E-state index in [1.165, 1.54) is 30.6 Å². The van der Waals surface area contributed by atoms with E-state index in [1.54, 1.807) is 23.9 Å². The molecule has 4 rings (SSSR count). The first-order valence-electron chi connectivity index (χ1n) is 10.3. The first-order chi connectivity index (χ1) is 16.7. The average molecular weight is 515 g/mol. The van der Waals surface area contributed by atoms with Crippen molar-refractivity contribution in [2.24, 2.45) is 7.05 Å². The highest BCUT2D eigenvalue weighted by molar-refractivity contribution is 7.89. The summed E-state index contributed by atoms with van der Waals surface area (Å²) in [5.41, 5.74) is 3.40. The Hall–Kier alpha value is -3.80. The summed E-state index contributed by atoms with van der Waals surface area (Å²) in [5.74, 6) is -1.71. The zero-order chi connectivity index (χ0) is 25.0. The number of aromatic nitrogens is 3. The van der Waals surface area contributed by atoms with Crippen molar-refractivity contribution < 1.29 is 17.6 Å². The van der Waals surface area contributed by atoms with Crippen LogP contribution in [0.3, 0.4) is 0 Å². The lowest BCUT2D eigenvalue weighted by atomic mass is 10.1. The molecule has 0 aliphatic heterocycles. The maximum absolute atomic E-state index is 14.6. The standard InChI is InChI=1S/C23H20ClFN6O3S/c1-31-13-19(27-14-31)16-10-17(22(25)18(24)11-16)23(32)29-30-35(33,34)21-9-5-8-20(28-21)26-12-15-6-3-2-4-7-15/h2-11,13-14,30H,12H2,1H3,(H,26,28)(H,29,32). The van der Waals surface area contributed by atoms with Gasteiger partial charge in [0.1, 0.15) is 5.82 Å². The number of imidazole rings is 1. The molecule has 2 heterocycles. The van der Waals surface area contributed by atoms with Crippen LogP contribution >= 0.6 is 11.6 Å². The average Bonchev–Trinajstić information content (AvgIpc) is 3.30. The van der Waals surface area contributed by atoms with E-state index in [0.717, 1.165) is 5.56 Å². The molecule has 0 saturated heterocycles. The third kappa shape index (κ3) is 5.83. The van der Waals surface area contributed by atoms with Gasteiger partial charge in [-0.1, -0.05) is 48.0 Å². The number of carbonyl (C=O) groups is 1. The molecule has 0 unspecified atom stereocenters. The van der Waals surface area contributed by atoms with Gasteiger partial charge in [0.05, 0.1) is 22.6 Å². The summed E-state index contributed by atoms with van der Waals surface area (Å²) in [6.07, 6.45) is 3.20. The summed E-state index contributed by atoms with van der Waals surface area (Å²) in [5, 5.41) is 2.40. The van der Waals surface area contributed by atoms with Gasteiger partial charge < -0.3 is 9.88 Å². The fourth-order valence-corrected chi connectivity index (χ4v) is 4.18. The Morgan fingerprint density at radius 3 is 2.60 bits per heavy atom. The minimum absolute atomic E-state index is 0.306. The SMILES string of the molecule is Cn1cnc(-c2cc(Cl)c(F)c(C(=O)NNS(=O)(=O)c3cccc(NCc4ccccc4)n3)c2)c1. The second-order valence-electron chi connectivity index (χ2n) is 7.50. The van der Waals surface area contributed by atoms with Gasteiger partial charge in [-0.15, -0.1) is 4.83 Å². The first kappa shape index (κ1) is 24.3. The molecule has 0 fully saturated rings. The number of hydrogen-bond donors (Lipinski definition) is 3. The maximum atomic E-state index is 14.6. The Labute approximate surface area is 206 Å². The van der Waals surface area contributed by atoms with Crippen LogP contribution in [-0.4, -0.2) is 28.9 Å². The lowest BCUT2D eigenvalue weighted by Crippen LogP contribution is -2.42. The number of halogens is 2. The third-order valence-electron chi connectivity index (χ3n) is 4.89. The molecule has 35 heavy (non-hydrogen) atoms. The molecule has 2 aromatic carbocycles. The predicted molar refractivity (Wildman–Crippen MR) is 129 cm³/mol. The van der Waals surface area contributed by atoms with Gasteiger partial charge in [-0.05, 0) is 29.8 Å². The molecule has 9 nitrogen and oxygen atoms in total. The fraction of sp³-hybridized carbons (Fsp3) is 0.0870. The summed E-state index contributed by atoms with van der Waals surface area (Å²) in [7, 11) is -2.50. The van der Waals surface area contributed by atoms with E-state index >= 15 is 0 Å². The summed E-state index contributed by atoms with van der Waals surface area (Å²) in [6, 6.07) is 16.5. The molecule has 2 aromatic heterocycles. The molecule has 12 heteroatoms. The van der Waals surface area contributed by atoms with Crippen LogP contribution in [-0.2, 0) is 23.6 Å². The van der Waals surface area contributed by atoms with Gasteiger partial charge >= 0.3 is 0 Å². The number of rotatable bonds is 8. The highest BCUT2D eigenvalue weighted by Crippen LogP contribution is 2.27.